The lowest BCUT2D eigenvalue weighted by Gasteiger charge is -2.15. The van der Waals surface area contributed by atoms with Crippen LogP contribution in [0.1, 0.15) is 46.5 Å². The fraction of sp³-hybridized carbons (Fsp3) is 0.571. The predicted octanol–water partition coefficient (Wildman–Crippen LogP) is 3.22. The van der Waals surface area contributed by atoms with E-state index in [9.17, 15) is 4.21 Å². The monoisotopic (exact) mass is 262 g/mol. The van der Waals surface area contributed by atoms with Crippen LogP contribution in [-0.4, -0.2) is 14.7 Å². The van der Waals surface area contributed by atoms with Gasteiger partial charge in [-0.05, 0) is 57.6 Å². The van der Waals surface area contributed by atoms with Crippen LogP contribution in [0.3, 0.4) is 0 Å². The second-order valence-corrected chi connectivity index (χ2v) is 7.53. The number of hydrogen-bond donors (Lipinski definition) is 0. The fourth-order valence-electron chi connectivity index (χ4n) is 2.25. The average molecular weight is 262 g/mol. The number of allylic oxidation sites excluding steroid dienone is 4. The van der Waals surface area contributed by atoms with Crippen molar-refractivity contribution in [1.29, 1.82) is 5.26 Å². The molecule has 0 amide bonds. The van der Waals surface area contributed by atoms with Gasteiger partial charge in [-0.1, -0.05) is 6.08 Å². The average Bonchev–Trinajstić information content (AvgIpc) is 2.71. The molecule has 18 heavy (non-hydrogen) atoms. The number of rotatable bonds is 1. The van der Waals surface area contributed by atoms with Crippen LogP contribution in [0.15, 0.2) is 27.2 Å². The van der Waals surface area contributed by atoms with Crippen molar-refractivity contribution in [3.05, 3.63) is 22.8 Å². The Hall–Kier alpha value is -1.21. The fourth-order valence-corrected chi connectivity index (χ4v) is 2.92. The third kappa shape index (κ3) is 2.46. The molecule has 0 spiro atoms. The molecule has 0 heterocycles. The van der Waals surface area contributed by atoms with E-state index in [0.29, 0.717) is 0 Å². The maximum absolute atomic E-state index is 12.1. The topological polar surface area (TPSA) is 53.2 Å². The molecule has 0 aliphatic heterocycles. The lowest BCUT2D eigenvalue weighted by atomic mass is 9.93. The van der Waals surface area contributed by atoms with Crippen LogP contribution in [0.5, 0.6) is 0 Å². The van der Waals surface area contributed by atoms with Gasteiger partial charge in [0.05, 0.1) is 22.1 Å². The van der Waals surface area contributed by atoms with E-state index in [1.54, 1.807) is 0 Å². The summed E-state index contributed by atoms with van der Waals surface area (Å²) >= 11 is 0. The van der Waals surface area contributed by atoms with E-state index in [2.05, 4.69) is 10.5 Å². The summed E-state index contributed by atoms with van der Waals surface area (Å²) in [5.74, 6) is 0. The van der Waals surface area contributed by atoms with Crippen LogP contribution < -0.4 is 0 Å². The van der Waals surface area contributed by atoms with E-state index in [1.165, 1.54) is 5.57 Å². The largest absolute Gasteiger partial charge is 0.234 e. The highest BCUT2D eigenvalue weighted by molar-refractivity contribution is 7.85. The molecule has 4 heteroatoms. The molecule has 1 atom stereocenters. The van der Waals surface area contributed by atoms with E-state index < -0.39 is 11.0 Å². The standard InChI is InChI=1S/C14H18N2OS/c1-14(2,3)18(17)16-13-8-7-11-10(9-15)5-4-6-12(11)13/h5H,4,6-8H2,1-3H3/t18-/m1/s1. The molecule has 0 N–H and O–H groups in total. The van der Waals surface area contributed by atoms with Gasteiger partial charge in [0.15, 0.2) is 0 Å². The van der Waals surface area contributed by atoms with Gasteiger partial charge < -0.3 is 0 Å². The Morgan fingerprint density at radius 2 is 2.00 bits per heavy atom. The van der Waals surface area contributed by atoms with Gasteiger partial charge in [-0.25, -0.2) is 4.21 Å². The minimum absolute atomic E-state index is 0.321. The molecule has 2 rings (SSSR count). The van der Waals surface area contributed by atoms with Crippen molar-refractivity contribution in [2.75, 3.05) is 0 Å². The molecule has 0 aromatic rings. The molecule has 0 saturated carbocycles. The lowest BCUT2D eigenvalue weighted by molar-refractivity contribution is 0.650. The van der Waals surface area contributed by atoms with Gasteiger partial charge in [0.25, 0.3) is 0 Å². The maximum Gasteiger partial charge on any atom is 0.145 e. The Morgan fingerprint density at radius 3 is 2.61 bits per heavy atom. The molecule has 0 saturated heterocycles. The third-order valence-corrected chi connectivity index (χ3v) is 4.66. The zero-order valence-corrected chi connectivity index (χ0v) is 11.9. The Morgan fingerprint density at radius 1 is 1.28 bits per heavy atom. The summed E-state index contributed by atoms with van der Waals surface area (Å²) in [5.41, 5.74) is 4.06. The van der Waals surface area contributed by atoms with Crippen molar-refractivity contribution in [2.45, 2.75) is 51.2 Å². The quantitative estimate of drug-likeness (QED) is 0.728. The lowest BCUT2D eigenvalue weighted by Crippen LogP contribution is -2.21. The second-order valence-electron chi connectivity index (χ2n) is 5.62. The summed E-state index contributed by atoms with van der Waals surface area (Å²) in [4.78, 5) is 0. The first-order valence-corrected chi connectivity index (χ1v) is 7.36. The van der Waals surface area contributed by atoms with Gasteiger partial charge in [0.1, 0.15) is 11.0 Å². The molecule has 2 aliphatic rings. The molecule has 2 aliphatic carbocycles. The van der Waals surface area contributed by atoms with Crippen molar-refractivity contribution in [3.63, 3.8) is 0 Å². The molecule has 0 fully saturated rings. The maximum atomic E-state index is 12.1. The number of nitrogens with zero attached hydrogens (tertiary/aromatic N) is 2. The first-order valence-electron chi connectivity index (χ1n) is 6.26. The van der Waals surface area contributed by atoms with Crippen molar-refractivity contribution < 1.29 is 4.21 Å². The zero-order valence-electron chi connectivity index (χ0n) is 11.1. The number of nitriles is 1. The summed E-state index contributed by atoms with van der Waals surface area (Å²) in [6.07, 6.45) is 5.52. The summed E-state index contributed by atoms with van der Waals surface area (Å²) in [6, 6.07) is 2.25. The predicted molar refractivity (Wildman–Crippen MR) is 74.5 cm³/mol. The molecule has 3 nitrogen and oxygen atoms in total. The van der Waals surface area contributed by atoms with E-state index in [4.69, 9.17) is 5.26 Å². The van der Waals surface area contributed by atoms with Crippen LogP contribution >= 0.6 is 0 Å². The number of hydrogen-bond acceptors (Lipinski definition) is 2. The highest BCUT2D eigenvalue weighted by Gasteiger charge is 2.28. The van der Waals surface area contributed by atoms with Crippen LogP contribution in [0.2, 0.25) is 0 Å². The normalized spacial score (nSPS) is 23.7. The van der Waals surface area contributed by atoms with Gasteiger partial charge in [-0.2, -0.15) is 9.66 Å². The van der Waals surface area contributed by atoms with Gasteiger partial charge in [0, 0.05) is 0 Å². The van der Waals surface area contributed by atoms with Gasteiger partial charge in [-0.3, -0.25) is 0 Å². The Kier molecular flexibility index (Phi) is 3.54. The molecule has 0 unspecified atom stereocenters. The minimum atomic E-state index is -1.20. The van der Waals surface area contributed by atoms with Crippen LogP contribution in [0.4, 0.5) is 0 Å². The smallest absolute Gasteiger partial charge is 0.145 e. The van der Waals surface area contributed by atoms with Gasteiger partial charge in [0.2, 0.25) is 0 Å². The van der Waals surface area contributed by atoms with Gasteiger partial charge in [-0.15, -0.1) is 0 Å². The summed E-state index contributed by atoms with van der Waals surface area (Å²) in [5, 5.41) is 9.08. The first kappa shape index (κ1) is 13.2. The van der Waals surface area contributed by atoms with Crippen molar-refractivity contribution >= 4 is 16.7 Å². The van der Waals surface area contributed by atoms with E-state index in [1.807, 2.05) is 26.8 Å². The highest BCUT2D eigenvalue weighted by Crippen LogP contribution is 2.36. The summed E-state index contributed by atoms with van der Waals surface area (Å²) < 4.78 is 16.1. The summed E-state index contributed by atoms with van der Waals surface area (Å²) in [7, 11) is -1.20. The van der Waals surface area contributed by atoms with Crippen LogP contribution in [-0.2, 0) is 11.0 Å². The van der Waals surface area contributed by atoms with Crippen molar-refractivity contribution in [2.24, 2.45) is 4.40 Å². The van der Waals surface area contributed by atoms with E-state index in [0.717, 1.165) is 42.5 Å². The molecular weight excluding hydrogens is 244 g/mol. The van der Waals surface area contributed by atoms with Gasteiger partial charge >= 0.3 is 0 Å². The van der Waals surface area contributed by atoms with Crippen molar-refractivity contribution in [1.82, 2.24) is 0 Å². The Bertz CT molecular complexity index is 527. The second kappa shape index (κ2) is 4.81. The third-order valence-electron chi connectivity index (χ3n) is 3.23. The van der Waals surface area contributed by atoms with E-state index >= 15 is 0 Å². The molecule has 0 bridgehead atoms. The minimum Gasteiger partial charge on any atom is -0.234 e. The molecule has 0 aromatic carbocycles. The highest BCUT2D eigenvalue weighted by atomic mass is 32.2. The first-order chi connectivity index (χ1) is 8.43. The van der Waals surface area contributed by atoms with Crippen LogP contribution in [0.25, 0.3) is 0 Å². The molecule has 0 aromatic heterocycles. The van der Waals surface area contributed by atoms with Crippen molar-refractivity contribution in [3.8, 4) is 6.07 Å². The Balaban J connectivity index is 2.32. The van der Waals surface area contributed by atoms with Crippen LogP contribution in [0, 0.1) is 11.3 Å². The molecule has 0 radical (unpaired) electrons. The molecule has 96 valence electrons. The zero-order chi connectivity index (χ0) is 13.3. The van der Waals surface area contributed by atoms with E-state index in [-0.39, 0.29) is 4.75 Å². The SMILES string of the molecule is CC(C)(C)[S@@](=O)N=C1CCC2=C1CCC=C2C#N. The Labute approximate surface area is 111 Å². The molecular formula is C14H18N2OS. The summed E-state index contributed by atoms with van der Waals surface area (Å²) in [6.45, 7) is 5.79.